The molecule has 0 atom stereocenters. The van der Waals surface area contributed by atoms with Crippen molar-refractivity contribution in [2.45, 2.75) is 37.4 Å². The Bertz CT molecular complexity index is 937. The Balaban J connectivity index is 2.03. The fourth-order valence-corrected chi connectivity index (χ4v) is 3.45. The summed E-state index contributed by atoms with van der Waals surface area (Å²) in [5.74, 6) is 0. The van der Waals surface area contributed by atoms with Gasteiger partial charge in [-0.15, -0.1) is 0 Å². The molecule has 1 N–H and O–H groups in total. The Labute approximate surface area is 143 Å². The molecule has 1 aromatic carbocycles. The molecule has 0 radical (unpaired) electrons. The molecule has 1 aliphatic heterocycles. The second-order valence-electron chi connectivity index (χ2n) is 5.65. The van der Waals surface area contributed by atoms with Gasteiger partial charge in [0.25, 0.3) is 5.56 Å². The predicted molar refractivity (Wildman–Crippen MR) is 92.0 cm³/mol. The van der Waals surface area contributed by atoms with E-state index in [1.807, 2.05) is 13.0 Å². The minimum Gasteiger partial charge on any atom is -0.375 e. The average molecular weight is 346 g/mol. The molecular weight excluding hydrogens is 328 g/mol. The van der Waals surface area contributed by atoms with Gasteiger partial charge in [0.2, 0.25) is 0 Å². The van der Waals surface area contributed by atoms with Crippen molar-refractivity contribution in [1.82, 2.24) is 13.9 Å². The normalized spacial score (nSPS) is 15.9. The summed E-state index contributed by atoms with van der Waals surface area (Å²) < 4.78 is 11.0. The molecule has 0 unspecified atom stereocenters. The van der Waals surface area contributed by atoms with Gasteiger partial charge in [0.05, 0.1) is 30.2 Å². The van der Waals surface area contributed by atoms with Gasteiger partial charge < -0.3 is 4.74 Å². The molecule has 126 valence electrons. The van der Waals surface area contributed by atoms with Crippen molar-refractivity contribution in [1.29, 1.82) is 5.26 Å². The van der Waals surface area contributed by atoms with Gasteiger partial charge in [0.1, 0.15) is 0 Å². The van der Waals surface area contributed by atoms with Crippen LogP contribution in [0.5, 0.6) is 0 Å². The van der Waals surface area contributed by atoms with Gasteiger partial charge in [-0.1, -0.05) is 0 Å². The van der Waals surface area contributed by atoms with Gasteiger partial charge in [-0.25, -0.2) is 9.52 Å². The lowest BCUT2D eigenvalue weighted by molar-refractivity contribution is -0.0311. The molecule has 0 amide bonds. The fourth-order valence-electron chi connectivity index (χ4n) is 2.66. The van der Waals surface area contributed by atoms with E-state index >= 15 is 0 Å². The Morgan fingerprint density at radius 2 is 2.00 bits per heavy atom. The predicted octanol–water partition coefficient (Wildman–Crippen LogP) is 1.09. The number of hydrogen-bond acceptors (Lipinski definition) is 6. The summed E-state index contributed by atoms with van der Waals surface area (Å²) in [6.45, 7) is 5.18. The Morgan fingerprint density at radius 1 is 1.29 bits per heavy atom. The molecule has 1 aromatic heterocycles. The first-order valence-electron chi connectivity index (χ1n) is 7.75. The van der Waals surface area contributed by atoms with Gasteiger partial charge in [-0.05, 0) is 44.0 Å². The minimum absolute atomic E-state index is 0.286. The number of aromatic nitrogens is 2. The van der Waals surface area contributed by atoms with Crippen molar-refractivity contribution in [3.05, 3.63) is 39.0 Å². The van der Waals surface area contributed by atoms with Crippen LogP contribution in [-0.4, -0.2) is 27.9 Å². The zero-order valence-electron chi connectivity index (χ0n) is 13.5. The Hall–Kier alpha value is -2.08. The van der Waals surface area contributed by atoms with Crippen LogP contribution in [0.2, 0.25) is 0 Å². The minimum atomic E-state index is -0.675. The molecular formula is C16H18N4O3S. The van der Waals surface area contributed by atoms with Crippen LogP contribution in [0.4, 0.5) is 0 Å². The van der Waals surface area contributed by atoms with Gasteiger partial charge in [-0.3, -0.25) is 13.9 Å². The summed E-state index contributed by atoms with van der Waals surface area (Å²) in [5, 5.41) is 9.70. The summed E-state index contributed by atoms with van der Waals surface area (Å²) in [6.07, 6.45) is 0. The number of ether oxygens (including phenoxy) is 1. The highest BCUT2D eigenvalue weighted by Gasteiger charge is 2.39. The summed E-state index contributed by atoms with van der Waals surface area (Å²) in [6, 6.07) is 7.59. The molecule has 2 heterocycles. The first-order valence-corrected chi connectivity index (χ1v) is 8.57. The summed E-state index contributed by atoms with van der Waals surface area (Å²) in [7, 11) is 0. The number of fused-ring (bicyclic) bond motifs is 1. The van der Waals surface area contributed by atoms with E-state index in [2.05, 4.69) is 10.8 Å². The van der Waals surface area contributed by atoms with Crippen molar-refractivity contribution in [2.24, 2.45) is 0 Å². The van der Waals surface area contributed by atoms with Crippen molar-refractivity contribution in [3.8, 4) is 6.07 Å². The Morgan fingerprint density at radius 3 is 2.54 bits per heavy atom. The second kappa shape index (κ2) is 6.43. The maximum Gasteiger partial charge on any atom is 0.331 e. The number of nitrogens with zero attached hydrogens (tertiary/aromatic N) is 3. The average Bonchev–Trinajstić information content (AvgIpc) is 2.55. The highest BCUT2D eigenvalue weighted by Crippen LogP contribution is 2.25. The van der Waals surface area contributed by atoms with Crippen molar-refractivity contribution < 1.29 is 4.74 Å². The molecule has 2 aromatic rings. The van der Waals surface area contributed by atoms with Gasteiger partial charge >= 0.3 is 5.69 Å². The quantitative estimate of drug-likeness (QED) is 0.816. The molecule has 1 fully saturated rings. The van der Waals surface area contributed by atoms with Crippen LogP contribution in [0.15, 0.2) is 32.7 Å². The topological polar surface area (TPSA) is 89.0 Å². The largest absolute Gasteiger partial charge is 0.375 e. The summed E-state index contributed by atoms with van der Waals surface area (Å²) in [4.78, 5) is 25.7. The second-order valence-corrected chi connectivity index (χ2v) is 6.53. The van der Waals surface area contributed by atoms with Crippen molar-refractivity contribution >= 4 is 22.9 Å². The van der Waals surface area contributed by atoms with Gasteiger partial charge in [-0.2, -0.15) is 5.26 Å². The number of benzene rings is 1. The maximum absolute atomic E-state index is 12.6. The molecule has 1 saturated heterocycles. The van der Waals surface area contributed by atoms with Crippen LogP contribution in [0.25, 0.3) is 10.9 Å². The molecule has 7 nitrogen and oxygen atoms in total. The van der Waals surface area contributed by atoms with E-state index in [9.17, 15) is 14.9 Å². The van der Waals surface area contributed by atoms with Crippen molar-refractivity contribution in [3.63, 3.8) is 0 Å². The third kappa shape index (κ3) is 2.65. The SMILES string of the molecule is CCn1c(=O)c2cc(SNC3(C#N)COC3)ccc2n(CC)c1=O. The number of aryl methyl sites for hydroxylation is 1. The van der Waals surface area contributed by atoms with Gasteiger partial charge in [0.15, 0.2) is 5.54 Å². The number of hydrogen-bond donors (Lipinski definition) is 1. The van der Waals surface area contributed by atoms with Gasteiger partial charge in [0, 0.05) is 18.0 Å². The monoisotopic (exact) mass is 346 g/mol. The van der Waals surface area contributed by atoms with Crippen molar-refractivity contribution in [2.75, 3.05) is 13.2 Å². The molecule has 0 spiro atoms. The highest BCUT2D eigenvalue weighted by atomic mass is 32.2. The van der Waals surface area contributed by atoms with Crippen LogP contribution in [0, 0.1) is 11.3 Å². The number of nitrogens with one attached hydrogen (secondary N) is 1. The lowest BCUT2D eigenvalue weighted by Gasteiger charge is -2.35. The van der Waals surface area contributed by atoms with E-state index in [0.717, 1.165) is 4.90 Å². The molecule has 1 aliphatic rings. The summed E-state index contributed by atoms with van der Waals surface area (Å²) in [5.41, 5.74) is -0.618. The van der Waals surface area contributed by atoms with E-state index in [1.165, 1.54) is 16.5 Å². The number of rotatable bonds is 5. The zero-order valence-corrected chi connectivity index (χ0v) is 14.4. The van der Waals surface area contributed by atoms with E-state index < -0.39 is 5.54 Å². The molecule has 8 heteroatoms. The standard InChI is InChI=1S/C16H18N4O3S/c1-3-19-13-6-5-11(24-18-16(8-17)9-23-10-16)7-12(13)14(21)20(4-2)15(19)22/h5-7,18H,3-4,9-10H2,1-2H3. The lowest BCUT2D eigenvalue weighted by Crippen LogP contribution is -2.56. The maximum atomic E-state index is 12.6. The fraction of sp³-hybridized carbons (Fsp3) is 0.438. The first kappa shape index (κ1) is 16.8. The van der Waals surface area contributed by atoms with E-state index in [4.69, 9.17) is 4.74 Å². The third-order valence-corrected chi connectivity index (χ3v) is 5.09. The molecule has 24 heavy (non-hydrogen) atoms. The molecule has 0 saturated carbocycles. The van der Waals surface area contributed by atoms with Crippen LogP contribution in [0.3, 0.4) is 0 Å². The third-order valence-electron chi connectivity index (χ3n) is 4.10. The Kier molecular flexibility index (Phi) is 4.49. The number of nitriles is 1. The first-order chi connectivity index (χ1) is 11.5. The highest BCUT2D eigenvalue weighted by molar-refractivity contribution is 7.97. The van der Waals surface area contributed by atoms with Crippen LogP contribution >= 0.6 is 11.9 Å². The zero-order chi connectivity index (χ0) is 17.3. The molecule has 3 rings (SSSR count). The van der Waals surface area contributed by atoms with E-state index in [1.54, 1.807) is 23.6 Å². The smallest absolute Gasteiger partial charge is 0.331 e. The molecule has 0 aliphatic carbocycles. The summed E-state index contributed by atoms with van der Waals surface area (Å²) >= 11 is 1.29. The van der Waals surface area contributed by atoms with Crippen LogP contribution < -0.4 is 16.0 Å². The van der Waals surface area contributed by atoms with E-state index in [-0.39, 0.29) is 11.2 Å². The van der Waals surface area contributed by atoms with E-state index in [0.29, 0.717) is 37.2 Å². The van der Waals surface area contributed by atoms with Crippen LogP contribution in [0.1, 0.15) is 13.8 Å². The molecule has 0 bridgehead atoms. The lowest BCUT2D eigenvalue weighted by atomic mass is 10.0. The van der Waals surface area contributed by atoms with Crippen LogP contribution in [-0.2, 0) is 17.8 Å².